The first-order chi connectivity index (χ1) is 10.7. The van der Waals surface area contributed by atoms with Crippen molar-refractivity contribution in [3.63, 3.8) is 0 Å². The van der Waals surface area contributed by atoms with Crippen molar-refractivity contribution in [2.75, 3.05) is 19.7 Å². The van der Waals surface area contributed by atoms with E-state index < -0.39 is 0 Å². The van der Waals surface area contributed by atoms with Gasteiger partial charge in [-0.15, -0.1) is 12.4 Å². The lowest BCUT2D eigenvalue weighted by Gasteiger charge is -2.14. The number of halogens is 1. The fourth-order valence-corrected chi connectivity index (χ4v) is 2.68. The van der Waals surface area contributed by atoms with E-state index >= 15 is 0 Å². The fourth-order valence-electron chi connectivity index (χ4n) is 2.68. The molecule has 2 rings (SSSR count). The minimum absolute atomic E-state index is 0. The summed E-state index contributed by atoms with van der Waals surface area (Å²) in [6.45, 7) is 7.26. The Labute approximate surface area is 145 Å². The smallest absolute Gasteiger partial charge is 0.224 e. The molecule has 0 spiro atoms. The van der Waals surface area contributed by atoms with Crippen LogP contribution in [0.1, 0.15) is 43.7 Å². The molecular formula is C18H29ClN2O2. The van der Waals surface area contributed by atoms with Gasteiger partial charge in [0.1, 0.15) is 5.75 Å². The lowest BCUT2D eigenvalue weighted by molar-refractivity contribution is -0.124. The van der Waals surface area contributed by atoms with Gasteiger partial charge in [-0.3, -0.25) is 4.79 Å². The van der Waals surface area contributed by atoms with Gasteiger partial charge in [0, 0.05) is 18.7 Å². The van der Waals surface area contributed by atoms with E-state index in [0.717, 1.165) is 43.9 Å². The van der Waals surface area contributed by atoms with Gasteiger partial charge in [-0.2, -0.15) is 0 Å². The van der Waals surface area contributed by atoms with Crippen LogP contribution in [0.2, 0.25) is 0 Å². The number of ether oxygens (including phenoxy) is 1. The highest BCUT2D eigenvalue weighted by Gasteiger charge is 2.22. The first-order valence-electron chi connectivity index (χ1n) is 8.41. The summed E-state index contributed by atoms with van der Waals surface area (Å²) in [7, 11) is 0. The van der Waals surface area contributed by atoms with Crippen LogP contribution in [0, 0.1) is 12.8 Å². The van der Waals surface area contributed by atoms with E-state index in [-0.39, 0.29) is 24.2 Å². The number of aryl methyl sites for hydroxylation is 1. The van der Waals surface area contributed by atoms with Crippen LogP contribution >= 0.6 is 12.4 Å². The molecule has 0 saturated carbocycles. The third-order valence-electron chi connectivity index (χ3n) is 4.11. The molecule has 1 amide bonds. The third kappa shape index (κ3) is 6.40. The van der Waals surface area contributed by atoms with Crippen molar-refractivity contribution in [2.24, 2.45) is 5.92 Å². The predicted molar refractivity (Wildman–Crippen MR) is 96.3 cm³/mol. The summed E-state index contributed by atoms with van der Waals surface area (Å²) in [5.41, 5.74) is 2.24. The molecule has 0 aromatic heterocycles. The quantitative estimate of drug-likeness (QED) is 0.714. The molecule has 1 saturated heterocycles. The van der Waals surface area contributed by atoms with Crippen molar-refractivity contribution in [2.45, 2.75) is 46.1 Å². The van der Waals surface area contributed by atoms with Gasteiger partial charge >= 0.3 is 0 Å². The normalized spacial score (nSPS) is 16.7. The lowest BCUT2D eigenvalue weighted by Crippen LogP contribution is -2.31. The zero-order valence-corrected chi connectivity index (χ0v) is 15.0. The Bertz CT molecular complexity index is 488. The van der Waals surface area contributed by atoms with Crippen molar-refractivity contribution >= 4 is 18.3 Å². The highest BCUT2D eigenvalue weighted by Crippen LogP contribution is 2.21. The summed E-state index contributed by atoms with van der Waals surface area (Å²) >= 11 is 0. The van der Waals surface area contributed by atoms with Crippen molar-refractivity contribution in [3.05, 3.63) is 29.3 Å². The number of carbonyl (C=O) groups is 1. The van der Waals surface area contributed by atoms with Gasteiger partial charge in [0.05, 0.1) is 12.5 Å². The van der Waals surface area contributed by atoms with Crippen molar-refractivity contribution in [1.29, 1.82) is 0 Å². The monoisotopic (exact) mass is 340 g/mol. The maximum atomic E-state index is 12.1. The molecule has 0 aliphatic carbocycles. The Hall–Kier alpha value is -1.26. The molecule has 1 unspecified atom stereocenters. The van der Waals surface area contributed by atoms with Gasteiger partial charge in [-0.1, -0.05) is 31.9 Å². The summed E-state index contributed by atoms with van der Waals surface area (Å²) in [4.78, 5) is 12.1. The SMILES string of the molecule is CCCCCOc1cc(C)ccc1CNC(=O)C1CCNC1.Cl. The summed E-state index contributed by atoms with van der Waals surface area (Å²) in [5.74, 6) is 1.16. The Balaban J connectivity index is 0.00000264. The molecule has 5 heteroatoms. The molecule has 1 atom stereocenters. The highest BCUT2D eigenvalue weighted by atomic mass is 35.5. The standard InChI is InChI=1S/C18H28N2O2.ClH/c1-3-4-5-10-22-17-11-14(2)6-7-15(17)13-20-18(21)16-8-9-19-12-16;/h6-7,11,16,19H,3-5,8-10,12-13H2,1-2H3,(H,20,21);1H. The van der Waals surface area contributed by atoms with Gasteiger partial charge in [-0.25, -0.2) is 0 Å². The van der Waals surface area contributed by atoms with E-state index in [0.29, 0.717) is 6.54 Å². The molecule has 2 N–H and O–H groups in total. The van der Waals surface area contributed by atoms with Crippen LogP contribution in [0.3, 0.4) is 0 Å². The minimum Gasteiger partial charge on any atom is -0.493 e. The van der Waals surface area contributed by atoms with Crippen LogP contribution in [0.5, 0.6) is 5.75 Å². The number of carbonyl (C=O) groups excluding carboxylic acids is 1. The number of hydrogen-bond donors (Lipinski definition) is 2. The number of amides is 1. The van der Waals surface area contributed by atoms with Crippen LogP contribution in [-0.2, 0) is 11.3 Å². The first-order valence-corrected chi connectivity index (χ1v) is 8.41. The number of benzene rings is 1. The van der Waals surface area contributed by atoms with E-state index in [1.54, 1.807) is 0 Å². The summed E-state index contributed by atoms with van der Waals surface area (Å²) in [6, 6.07) is 6.18. The largest absolute Gasteiger partial charge is 0.493 e. The minimum atomic E-state index is 0. The van der Waals surface area contributed by atoms with Crippen LogP contribution in [0.15, 0.2) is 18.2 Å². The topological polar surface area (TPSA) is 50.4 Å². The molecule has 0 radical (unpaired) electrons. The summed E-state index contributed by atoms with van der Waals surface area (Å²) in [5, 5.41) is 6.27. The van der Waals surface area contributed by atoms with Crippen LogP contribution in [0.25, 0.3) is 0 Å². The van der Waals surface area contributed by atoms with Gasteiger partial charge in [-0.05, 0) is 37.9 Å². The molecule has 1 aliphatic heterocycles. The average molecular weight is 341 g/mol. The van der Waals surface area contributed by atoms with Crippen LogP contribution in [0.4, 0.5) is 0 Å². The zero-order valence-electron chi connectivity index (χ0n) is 14.2. The van der Waals surface area contributed by atoms with E-state index in [2.05, 4.69) is 42.7 Å². The molecule has 1 fully saturated rings. The molecule has 130 valence electrons. The molecule has 1 aromatic rings. The second-order valence-electron chi connectivity index (χ2n) is 6.07. The molecule has 1 aromatic carbocycles. The van der Waals surface area contributed by atoms with E-state index in [1.165, 1.54) is 18.4 Å². The van der Waals surface area contributed by atoms with Crippen molar-refractivity contribution in [3.8, 4) is 5.75 Å². The first kappa shape index (κ1) is 19.8. The van der Waals surface area contributed by atoms with Crippen molar-refractivity contribution in [1.82, 2.24) is 10.6 Å². The number of hydrogen-bond acceptors (Lipinski definition) is 3. The Morgan fingerprint density at radius 2 is 2.22 bits per heavy atom. The van der Waals surface area contributed by atoms with E-state index in [1.807, 2.05) is 0 Å². The fraction of sp³-hybridized carbons (Fsp3) is 0.611. The van der Waals surface area contributed by atoms with Gasteiger partial charge in [0.15, 0.2) is 0 Å². The Morgan fingerprint density at radius 1 is 1.39 bits per heavy atom. The highest BCUT2D eigenvalue weighted by molar-refractivity contribution is 5.85. The Morgan fingerprint density at radius 3 is 2.91 bits per heavy atom. The molecule has 1 aliphatic rings. The predicted octanol–water partition coefficient (Wildman–Crippen LogP) is 3.21. The number of rotatable bonds is 8. The zero-order chi connectivity index (χ0) is 15.8. The average Bonchev–Trinajstić information content (AvgIpc) is 3.05. The van der Waals surface area contributed by atoms with Gasteiger partial charge < -0.3 is 15.4 Å². The molecule has 1 heterocycles. The molecular weight excluding hydrogens is 312 g/mol. The lowest BCUT2D eigenvalue weighted by atomic mass is 10.1. The second kappa shape index (κ2) is 10.5. The van der Waals surface area contributed by atoms with E-state index in [9.17, 15) is 4.79 Å². The van der Waals surface area contributed by atoms with Gasteiger partial charge in [0.2, 0.25) is 5.91 Å². The van der Waals surface area contributed by atoms with Crippen LogP contribution < -0.4 is 15.4 Å². The summed E-state index contributed by atoms with van der Waals surface area (Å²) < 4.78 is 5.91. The van der Waals surface area contributed by atoms with Gasteiger partial charge in [0.25, 0.3) is 0 Å². The van der Waals surface area contributed by atoms with E-state index in [4.69, 9.17) is 4.74 Å². The third-order valence-corrected chi connectivity index (χ3v) is 4.11. The maximum absolute atomic E-state index is 12.1. The molecule has 4 nitrogen and oxygen atoms in total. The van der Waals surface area contributed by atoms with Crippen molar-refractivity contribution < 1.29 is 9.53 Å². The number of unbranched alkanes of at least 4 members (excludes halogenated alkanes) is 2. The maximum Gasteiger partial charge on any atom is 0.224 e. The Kier molecular flexibility index (Phi) is 9.03. The summed E-state index contributed by atoms with van der Waals surface area (Å²) in [6.07, 6.45) is 4.38. The van der Waals surface area contributed by atoms with Crippen LogP contribution in [-0.4, -0.2) is 25.6 Å². The number of nitrogens with one attached hydrogen (secondary N) is 2. The molecule has 0 bridgehead atoms. The molecule has 23 heavy (non-hydrogen) atoms. The second-order valence-corrected chi connectivity index (χ2v) is 6.07.